The Hall–Kier alpha value is -1.56. The van der Waals surface area contributed by atoms with E-state index in [1.165, 1.54) is 4.70 Å². The molecule has 0 spiro atoms. The van der Waals surface area contributed by atoms with Crippen molar-refractivity contribution in [2.24, 2.45) is 0 Å². The van der Waals surface area contributed by atoms with Gasteiger partial charge in [-0.05, 0) is 24.3 Å². The first-order valence-electron chi connectivity index (χ1n) is 5.18. The summed E-state index contributed by atoms with van der Waals surface area (Å²) in [6.07, 6.45) is 0. The minimum atomic E-state index is -1.78. The van der Waals surface area contributed by atoms with Crippen molar-refractivity contribution < 1.29 is 14.7 Å². The van der Waals surface area contributed by atoms with Crippen LogP contribution in [0.25, 0.3) is 20.2 Å². The summed E-state index contributed by atoms with van der Waals surface area (Å²) in [5, 5.41) is 19.8. The average molecular weight is 244 g/mol. The van der Waals surface area contributed by atoms with E-state index < -0.39 is 7.32 Å². The van der Waals surface area contributed by atoms with Crippen LogP contribution in [0.3, 0.4) is 0 Å². The standard InChI is InChI=1S/C12H9BO3S/c14-13(15)16-8-5-6-12-10(7-8)9-3-1-2-4-11(9)17-12/h1-7,14-15H. The first-order chi connectivity index (χ1) is 8.24. The van der Waals surface area contributed by atoms with Gasteiger partial charge in [0, 0.05) is 20.2 Å². The molecular formula is C12H9BO3S. The second-order valence-corrected chi connectivity index (χ2v) is 4.78. The molecule has 3 rings (SSSR count). The lowest BCUT2D eigenvalue weighted by atomic mass is 10.1. The van der Waals surface area contributed by atoms with Crippen LogP contribution in [0.4, 0.5) is 0 Å². The molecule has 0 aliphatic carbocycles. The van der Waals surface area contributed by atoms with Gasteiger partial charge in [0.05, 0.1) is 0 Å². The van der Waals surface area contributed by atoms with E-state index in [9.17, 15) is 0 Å². The largest absolute Gasteiger partial charge is 0.707 e. The Balaban J connectivity index is 2.23. The van der Waals surface area contributed by atoms with Gasteiger partial charge in [-0.3, -0.25) is 0 Å². The molecule has 84 valence electrons. The van der Waals surface area contributed by atoms with Crippen molar-refractivity contribution in [3.63, 3.8) is 0 Å². The van der Waals surface area contributed by atoms with Gasteiger partial charge in [-0.15, -0.1) is 11.3 Å². The third kappa shape index (κ3) is 1.89. The molecule has 0 radical (unpaired) electrons. The maximum Gasteiger partial charge on any atom is 0.707 e. The molecular weight excluding hydrogens is 235 g/mol. The van der Waals surface area contributed by atoms with Gasteiger partial charge in [0.25, 0.3) is 0 Å². The predicted molar refractivity (Wildman–Crippen MR) is 70.2 cm³/mol. The second-order valence-electron chi connectivity index (χ2n) is 3.70. The molecule has 0 saturated carbocycles. The van der Waals surface area contributed by atoms with Crippen molar-refractivity contribution in [3.05, 3.63) is 42.5 Å². The zero-order chi connectivity index (χ0) is 11.8. The van der Waals surface area contributed by atoms with Crippen LogP contribution in [0.2, 0.25) is 0 Å². The van der Waals surface area contributed by atoms with Crippen molar-refractivity contribution in [1.29, 1.82) is 0 Å². The Morgan fingerprint density at radius 1 is 0.941 bits per heavy atom. The summed E-state index contributed by atoms with van der Waals surface area (Å²) in [5.41, 5.74) is 0. The van der Waals surface area contributed by atoms with Crippen molar-refractivity contribution in [2.75, 3.05) is 0 Å². The topological polar surface area (TPSA) is 49.7 Å². The van der Waals surface area contributed by atoms with E-state index in [2.05, 4.69) is 6.07 Å². The number of fused-ring (bicyclic) bond motifs is 3. The Labute approximate surface area is 102 Å². The molecule has 3 nitrogen and oxygen atoms in total. The van der Waals surface area contributed by atoms with Crippen molar-refractivity contribution in [1.82, 2.24) is 0 Å². The van der Waals surface area contributed by atoms with E-state index in [4.69, 9.17) is 14.7 Å². The molecule has 0 aliphatic rings. The maximum absolute atomic E-state index is 8.78. The fourth-order valence-electron chi connectivity index (χ4n) is 1.90. The molecule has 0 atom stereocenters. The molecule has 0 amide bonds. The first kappa shape index (κ1) is 10.6. The highest BCUT2D eigenvalue weighted by atomic mass is 32.1. The Morgan fingerprint density at radius 3 is 2.53 bits per heavy atom. The maximum atomic E-state index is 8.78. The van der Waals surface area contributed by atoms with Crippen LogP contribution < -0.4 is 4.65 Å². The van der Waals surface area contributed by atoms with Crippen LogP contribution >= 0.6 is 11.3 Å². The van der Waals surface area contributed by atoms with Gasteiger partial charge in [-0.1, -0.05) is 18.2 Å². The quantitative estimate of drug-likeness (QED) is 0.680. The molecule has 1 heterocycles. The number of rotatable bonds is 2. The highest BCUT2D eigenvalue weighted by Gasteiger charge is 2.12. The van der Waals surface area contributed by atoms with Crippen molar-refractivity contribution >= 4 is 38.8 Å². The zero-order valence-electron chi connectivity index (χ0n) is 8.83. The molecule has 2 aromatic carbocycles. The first-order valence-corrected chi connectivity index (χ1v) is 6.00. The Kier molecular flexibility index (Phi) is 2.51. The minimum Gasteiger partial charge on any atom is -0.512 e. The summed E-state index contributed by atoms with van der Waals surface area (Å²) >= 11 is 1.71. The fraction of sp³-hybridized carbons (Fsp3) is 0. The summed E-state index contributed by atoms with van der Waals surface area (Å²) in [4.78, 5) is 0. The summed E-state index contributed by atoms with van der Waals surface area (Å²) < 4.78 is 7.23. The lowest BCUT2D eigenvalue weighted by Crippen LogP contribution is -2.20. The number of hydrogen-bond acceptors (Lipinski definition) is 4. The molecule has 3 aromatic rings. The van der Waals surface area contributed by atoms with Gasteiger partial charge in [0.2, 0.25) is 0 Å². The van der Waals surface area contributed by atoms with Crippen LogP contribution in [0.1, 0.15) is 0 Å². The van der Waals surface area contributed by atoms with Crippen molar-refractivity contribution in [2.45, 2.75) is 0 Å². The molecule has 2 N–H and O–H groups in total. The lowest BCUT2D eigenvalue weighted by Gasteiger charge is -2.03. The molecule has 0 aliphatic heterocycles. The van der Waals surface area contributed by atoms with E-state index >= 15 is 0 Å². The van der Waals surface area contributed by atoms with Gasteiger partial charge >= 0.3 is 7.32 Å². The fourth-order valence-corrected chi connectivity index (χ4v) is 2.99. The number of hydrogen-bond donors (Lipinski definition) is 2. The molecule has 0 unspecified atom stereocenters. The number of thiophene rings is 1. The Bertz CT molecular complexity index is 678. The molecule has 17 heavy (non-hydrogen) atoms. The van der Waals surface area contributed by atoms with E-state index in [1.807, 2.05) is 30.3 Å². The van der Waals surface area contributed by atoms with Gasteiger partial charge in [0.15, 0.2) is 0 Å². The normalized spacial score (nSPS) is 10.9. The third-order valence-corrected chi connectivity index (χ3v) is 3.74. The van der Waals surface area contributed by atoms with E-state index in [0.717, 1.165) is 15.5 Å². The lowest BCUT2D eigenvalue weighted by molar-refractivity contribution is 0.288. The number of benzene rings is 2. The molecule has 0 bridgehead atoms. The van der Waals surface area contributed by atoms with E-state index in [-0.39, 0.29) is 0 Å². The van der Waals surface area contributed by atoms with Gasteiger partial charge in [0.1, 0.15) is 5.75 Å². The van der Waals surface area contributed by atoms with E-state index in [1.54, 1.807) is 17.4 Å². The van der Waals surface area contributed by atoms with Crippen LogP contribution in [0.5, 0.6) is 5.75 Å². The van der Waals surface area contributed by atoms with Gasteiger partial charge in [-0.2, -0.15) is 0 Å². The second kappa shape index (κ2) is 4.03. The molecule has 1 aromatic heterocycles. The van der Waals surface area contributed by atoms with Crippen molar-refractivity contribution in [3.8, 4) is 5.75 Å². The third-order valence-electron chi connectivity index (χ3n) is 2.59. The molecule has 0 fully saturated rings. The summed E-state index contributed by atoms with van der Waals surface area (Å²) in [7, 11) is -1.78. The van der Waals surface area contributed by atoms with Gasteiger partial charge in [-0.25, -0.2) is 0 Å². The van der Waals surface area contributed by atoms with Gasteiger partial charge < -0.3 is 14.7 Å². The van der Waals surface area contributed by atoms with Crippen LogP contribution in [-0.2, 0) is 0 Å². The van der Waals surface area contributed by atoms with Crippen LogP contribution in [0.15, 0.2) is 42.5 Å². The smallest absolute Gasteiger partial charge is 0.512 e. The zero-order valence-corrected chi connectivity index (χ0v) is 9.65. The minimum absolute atomic E-state index is 0.455. The SMILES string of the molecule is OB(O)Oc1ccc2sc3ccccc3c2c1. The highest BCUT2D eigenvalue weighted by Crippen LogP contribution is 2.35. The predicted octanol–water partition coefficient (Wildman–Crippen LogP) is 2.40. The highest BCUT2D eigenvalue weighted by molar-refractivity contribution is 7.25. The monoisotopic (exact) mass is 244 g/mol. The van der Waals surface area contributed by atoms with Crippen LogP contribution in [0, 0.1) is 0 Å². The van der Waals surface area contributed by atoms with E-state index in [0.29, 0.717) is 5.75 Å². The average Bonchev–Trinajstić information content (AvgIpc) is 2.66. The van der Waals surface area contributed by atoms with Crippen LogP contribution in [-0.4, -0.2) is 17.4 Å². The summed E-state index contributed by atoms with van der Waals surface area (Å²) in [5.74, 6) is 0.455. The molecule has 0 saturated heterocycles. The summed E-state index contributed by atoms with van der Waals surface area (Å²) in [6, 6.07) is 13.6. The Morgan fingerprint density at radius 2 is 1.71 bits per heavy atom. The molecule has 5 heteroatoms. The summed E-state index contributed by atoms with van der Waals surface area (Å²) in [6.45, 7) is 0.